The van der Waals surface area contributed by atoms with Crippen molar-refractivity contribution in [1.29, 1.82) is 0 Å². The van der Waals surface area contributed by atoms with E-state index in [0.717, 1.165) is 9.87 Å². The molecular weight excluding hydrogens is 354 g/mol. The average molecular weight is 375 g/mol. The number of aliphatic hydroxyl groups excluding tert-OH is 1. The van der Waals surface area contributed by atoms with Gasteiger partial charge in [-0.15, -0.1) is 0 Å². The van der Waals surface area contributed by atoms with Crippen molar-refractivity contribution in [3.05, 3.63) is 65.7 Å². The number of hydrogen-bond donors (Lipinski definition) is 1. The zero-order chi connectivity index (χ0) is 18.9. The van der Waals surface area contributed by atoms with E-state index in [2.05, 4.69) is 0 Å². The molecule has 0 bridgehead atoms. The maximum Gasteiger partial charge on any atom is 0.326 e. The third kappa shape index (κ3) is 3.38. The quantitative estimate of drug-likeness (QED) is 0.617. The van der Waals surface area contributed by atoms with Gasteiger partial charge in [-0.05, 0) is 31.5 Å². The highest BCUT2D eigenvalue weighted by atomic mass is 32.2. The number of aryl methyl sites for hydroxylation is 1. The molecule has 0 aromatic heterocycles. The molecule has 2 aromatic rings. The van der Waals surface area contributed by atoms with Crippen LogP contribution in [0.1, 0.15) is 24.2 Å². The van der Waals surface area contributed by atoms with Crippen molar-refractivity contribution in [1.82, 2.24) is 4.31 Å². The summed E-state index contributed by atoms with van der Waals surface area (Å²) in [6.45, 7) is 3.65. The van der Waals surface area contributed by atoms with E-state index in [1.54, 1.807) is 49.4 Å². The van der Waals surface area contributed by atoms with Gasteiger partial charge < -0.3 is 9.84 Å². The second-order valence-electron chi connectivity index (χ2n) is 6.19. The summed E-state index contributed by atoms with van der Waals surface area (Å²) < 4.78 is 32.0. The molecule has 1 heterocycles. The van der Waals surface area contributed by atoms with Crippen LogP contribution in [0.15, 0.2) is 59.5 Å². The van der Waals surface area contributed by atoms with E-state index in [-0.39, 0.29) is 11.5 Å². The van der Waals surface area contributed by atoms with Crippen molar-refractivity contribution in [2.45, 2.75) is 36.9 Å². The standard InChI is InChI=1S/C19H21NO5S/c1-3-25-19(22)17-16(18(21)14-7-5-4-6-8-14)20(17)26(23,24)15-11-9-13(2)10-12-15/h4-12,16-18,21H,3H2,1-2H3/t16-,17-,18-,20?/m1/s1. The first-order chi connectivity index (χ1) is 12.4. The zero-order valence-electron chi connectivity index (χ0n) is 14.6. The lowest BCUT2D eigenvalue weighted by molar-refractivity contribution is -0.143. The summed E-state index contributed by atoms with van der Waals surface area (Å²) in [5.41, 5.74) is 1.48. The Labute approximate surface area is 153 Å². The highest BCUT2D eigenvalue weighted by Crippen LogP contribution is 2.43. The first-order valence-corrected chi connectivity index (χ1v) is 9.81. The molecule has 6 nitrogen and oxygen atoms in total. The van der Waals surface area contributed by atoms with Gasteiger partial charge in [0.25, 0.3) is 0 Å². The van der Waals surface area contributed by atoms with Gasteiger partial charge in [0.1, 0.15) is 6.04 Å². The van der Waals surface area contributed by atoms with Gasteiger partial charge in [0.2, 0.25) is 10.0 Å². The highest BCUT2D eigenvalue weighted by molar-refractivity contribution is 7.89. The number of rotatable bonds is 6. The van der Waals surface area contributed by atoms with Gasteiger partial charge in [-0.2, -0.15) is 4.31 Å². The van der Waals surface area contributed by atoms with Crippen LogP contribution in [0.25, 0.3) is 0 Å². The summed E-state index contributed by atoms with van der Waals surface area (Å²) in [5, 5.41) is 10.7. The van der Waals surface area contributed by atoms with E-state index in [9.17, 15) is 18.3 Å². The van der Waals surface area contributed by atoms with Gasteiger partial charge in [-0.1, -0.05) is 48.0 Å². The molecule has 1 aliphatic heterocycles. The van der Waals surface area contributed by atoms with Crippen LogP contribution < -0.4 is 0 Å². The van der Waals surface area contributed by atoms with E-state index in [4.69, 9.17) is 4.74 Å². The molecule has 7 heteroatoms. The predicted octanol–water partition coefficient (Wildman–Crippen LogP) is 2.03. The third-order valence-corrected chi connectivity index (χ3v) is 6.28. The number of nitrogens with zero attached hydrogens (tertiary/aromatic N) is 1. The third-order valence-electron chi connectivity index (χ3n) is 4.39. The lowest BCUT2D eigenvalue weighted by Crippen LogP contribution is -2.21. The maximum atomic E-state index is 13.0. The summed E-state index contributed by atoms with van der Waals surface area (Å²) >= 11 is 0. The van der Waals surface area contributed by atoms with Gasteiger partial charge in [0.05, 0.1) is 23.6 Å². The molecule has 26 heavy (non-hydrogen) atoms. The molecule has 2 aromatic carbocycles. The fraction of sp³-hybridized carbons (Fsp3) is 0.316. The minimum absolute atomic E-state index is 0.0835. The summed E-state index contributed by atoms with van der Waals surface area (Å²) in [4.78, 5) is 12.3. The summed E-state index contributed by atoms with van der Waals surface area (Å²) in [6, 6.07) is 13.2. The summed E-state index contributed by atoms with van der Waals surface area (Å²) in [6.07, 6.45) is -1.12. The number of esters is 1. The van der Waals surface area contributed by atoms with E-state index in [1.807, 2.05) is 6.92 Å². The Hall–Kier alpha value is -2.22. The number of carbonyl (C=O) groups excluding carboxylic acids is 1. The molecule has 1 unspecified atom stereocenters. The van der Waals surface area contributed by atoms with Crippen molar-refractivity contribution < 1.29 is 23.1 Å². The topological polar surface area (TPSA) is 83.7 Å². The van der Waals surface area contributed by atoms with Crippen LogP contribution in [-0.4, -0.2) is 42.5 Å². The Morgan fingerprint density at radius 3 is 2.35 bits per heavy atom. The van der Waals surface area contributed by atoms with Gasteiger partial charge in [-0.3, -0.25) is 4.79 Å². The average Bonchev–Trinajstić information content (AvgIpc) is 3.39. The fourth-order valence-corrected chi connectivity index (χ4v) is 4.73. The Bertz CT molecular complexity index is 880. The summed E-state index contributed by atoms with van der Waals surface area (Å²) in [5.74, 6) is -0.650. The van der Waals surface area contributed by atoms with E-state index < -0.39 is 34.2 Å². The van der Waals surface area contributed by atoms with Crippen molar-refractivity contribution in [3.8, 4) is 0 Å². The van der Waals surface area contributed by atoms with E-state index in [0.29, 0.717) is 5.56 Å². The van der Waals surface area contributed by atoms with Crippen LogP contribution in [0.4, 0.5) is 0 Å². The molecule has 1 N–H and O–H groups in total. The molecule has 1 fully saturated rings. The van der Waals surface area contributed by atoms with Crippen LogP contribution in [0.5, 0.6) is 0 Å². The normalized spacial score (nSPS) is 23.3. The van der Waals surface area contributed by atoms with Crippen LogP contribution in [0.2, 0.25) is 0 Å². The molecule has 0 spiro atoms. The SMILES string of the molecule is CCOC(=O)[C@H]1[C@H]([C@H](O)c2ccccc2)N1S(=O)(=O)c1ccc(C)cc1. The van der Waals surface area contributed by atoms with Crippen LogP contribution in [0, 0.1) is 6.92 Å². The van der Waals surface area contributed by atoms with E-state index in [1.165, 1.54) is 12.1 Å². The molecular formula is C19H21NO5S. The number of sulfonamides is 1. The van der Waals surface area contributed by atoms with Gasteiger partial charge >= 0.3 is 5.97 Å². The number of benzene rings is 2. The lowest BCUT2D eigenvalue weighted by atomic mass is 10.1. The number of aliphatic hydroxyl groups is 1. The van der Waals surface area contributed by atoms with Crippen molar-refractivity contribution in [3.63, 3.8) is 0 Å². The Kier molecular flexibility index (Phi) is 5.13. The number of carbonyl (C=O) groups is 1. The van der Waals surface area contributed by atoms with Gasteiger partial charge in [-0.25, -0.2) is 8.42 Å². The molecule has 1 saturated heterocycles. The lowest BCUT2D eigenvalue weighted by Gasteiger charge is -2.11. The molecule has 3 rings (SSSR count). The molecule has 4 atom stereocenters. The first-order valence-electron chi connectivity index (χ1n) is 8.37. The number of ether oxygens (including phenoxy) is 1. The summed E-state index contributed by atoms with van der Waals surface area (Å²) in [7, 11) is -3.92. The Balaban J connectivity index is 1.94. The van der Waals surface area contributed by atoms with Crippen LogP contribution in [-0.2, 0) is 19.6 Å². The minimum Gasteiger partial charge on any atom is -0.465 e. The number of hydrogen-bond acceptors (Lipinski definition) is 5. The van der Waals surface area contributed by atoms with Crippen molar-refractivity contribution >= 4 is 16.0 Å². The zero-order valence-corrected chi connectivity index (χ0v) is 15.4. The second kappa shape index (κ2) is 7.19. The fourth-order valence-electron chi connectivity index (χ4n) is 3.00. The van der Waals surface area contributed by atoms with Crippen molar-refractivity contribution in [2.75, 3.05) is 6.61 Å². The highest BCUT2D eigenvalue weighted by Gasteiger charge is 2.63. The largest absolute Gasteiger partial charge is 0.465 e. The predicted molar refractivity (Wildman–Crippen MR) is 95.8 cm³/mol. The second-order valence-corrected chi connectivity index (χ2v) is 8.03. The van der Waals surface area contributed by atoms with Crippen LogP contribution >= 0.6 is 0 Å². The molecule has 0 aliphatic carbocycles. The monoisotopic (exact) mass is 375 g/mol. The molecule has 1 aliphatic rings. The van der Waals surface area contributed by atoms with Gasteiger partial charge in [0, 0.05) is 0 Å². The van der Waals surface area contributed by atoms with Gasteiger partial charge in [0.15, 0.2) is 0 Å². The first kappa shape index (κ1) is 18.6. The smallest absolute Gasteiger partial charge is 0.326 e. The Morgan fingerprint density at radius 1 is 1.15 bits per heavy atom. The van der Waals surface area contributed by atoms with E-state index >= 15 is 0 Å². The molecule has 138 valence electrons. The molecule has 0 radical (unpaired) electrons. The molecule has 0 saturated carbocycles. The van der Waals surface area contributed by atoms with Crippen molar-refractivity contribution in [2.24, 2.45) is 0 Å². The molecule has 0 amide bonds. The minimum atomic E-state index is -3.92. The van der Waals surface area contributed by atoms with Crippen LogP contribution in [0.3, 0.4) is 0 Å². The Morgan fingerprint density at radius 2 is 1.77 bits per heavy atom. The maximum absolute atomic E-state index is 13.0.